The number of carbonyl (C=O) groups excluding carboxylic acids is 1. The zero-order chi connectivity index (χ0) is 18.2. The molecule has 25 heavy (non-hydrogen) atoms. The Bertz CT molecular complexity index is 755. The third-order valence-corrected chi connectivity index (χ3v) is 3.41. The molecule has 2 rings (SSSR count). The number of carbonyl (C=O) groups is 2. The lowest BCUT2D eigenvalue weighted by Gasteiger charge is -2.07. The number of carboxylic acid groups (broad SMARTS) is 1. The van der Waals surface area contributed by atoms with Crippen molar-refractivity contribution in [2.75, 3.05) is 11.9 Å². The molecule has 0 heterocycles. The second-order valence-corrected chi connectivity index (χ2v) is 5.37. The van der Waals surface area contributed by atoms with Crippen LogP contribution in [0.1, 0.15) is 17.5 Å². The number of ether oxygens (including phenoxy) is 1. The van der Waals surface area contributed by atoms with Crippen LogP contribution in [0, 0.1) is 5.41 Å². The first-order chi connectivity index (χ1) is 11.9. The maximum absolute atomic E-state index is 12.0. The van der Waals surface area contributed by atoms with Crippen LogP contribution in [0.3, 0.4) is 0 Å². The van der Waals surface area contributed by atoms with Gasteiger partial charge in [0.05, 0.1) is 0 Å². The molecule has 0 aromatic heterocycles. The van der Waals surface area contributed by atoms with Crippen LogP contribution < -0.4 is 15.8 Å². The summed E-state index contributed by atoms with van der Waals surface area (Å²) < 4.78 is 5.02. The average molecular weight is 341 g/mol. The molecule has 5 N–H and O–H groups in total. The summed E-state index contributed by atoms with van der Waals surface area (Å²) in [5.74, 6) is -0.741. The van der Waals surface area contributed by atoms with Gasteiger partial charge in [0.25, 0.3) is 0 Å². The number of nitrogens with one attached hydrogen (secondary N) is 2. The highest BCUT2D eigenvalue weighted by molar-refractivity contribution is 5.95. The lowest BCUT2D eigenvalue weighted by molar-refractivity contribution is -0.139. The van der Waals surface area contributed by atoms with Crippen molar-refractivity contribution in [1.82, 2.24) is 0 Å². The van der Waals surface area contributed by atoms with Crippen molar-refractivity contribution in [1.29, 1.82) is 5.41 Å². The van der Waals surface area contributed by atoms with Crippen LogP contribution in [0.4, 0.5) is 5.69 Å². The van der Waals surface area contributed by atoms with Crippen molar-refractivity contribution < 1.29 is 19.4 Å². The van der Waals surface area contributed by atoms with Gasteiger partial charge in [0.1, 0.15) is 11.6 Å². The molecule has 1 amide bonds. The zero-order valence-corrected chi connectivity index (χ0v) is 13.5. The number of nitrogens with two attached hydrogens (primary N) is 1. The van der Waals surface area contributed by atoms with Crippen LogP contribution in [0.25, 0.3) is 0 Å². The molecule has 7 nitrogen and oxygen atoms in total. The second kappa shape index (κ2) is 8.49. The monoisotopic (exact) mass is 341 g/mol. The van der Waals surface area contributed by atoms with Crippen LogP contribution in [-0.2, 0) is 16.0 Å². The van der Waals surface area contributed by atoms with Crippen LogP contribution >= 0.6 is 0 Å². The summed E-state index contributed by atoms with van der Waals surface area (Å²) in [6, 6.07) is 13.7. The van der Waals surface area contributed by atoms with Crippen molar-refractivity contribution in [3.8, 4) is 5.75 Å². The first kappa shape index (κ1) is 18.0. The van der Waals surface area contributed by atoms with E-state index in [1.54, 1.807) is 36.4 Å². The molecule has 0 spiro atoms. The average Bonchev–Trinajstić information content (AvgIpc) is 2.59. The minimum absolute atomic E-state index is 0.0140. The summed E-state index contributed by atoms with van der Waals surface area (Å²) in [6.45, 7) is -0.409. The van der Waals surface area contributed by atoms with E-state index in [-0.39, 0.29) is 11.7 Å². The number of aryl methyl sites for hydroxylation is 1. The maximum Gasteiger partial charge on any atom is 0.341 e. The number of carboxylic acids is 1. The first-order valence-electron chi connectivity index (χ1n) is 7.62. The fraction of sp³-hybridized carbons (Fsp3) is 0.167. The molecule has 0 atom stereocenters. The Hall–Kier alpha value is -3.35. The van der Waals surface area contributed by atoms with E-state index < -0.39 is 12.6 Å². The Kier molecular flexibility index (Phi) is 6.11. The van der Waals surface area contributed by atoms with E-state index >= 15 is 0 Å². The molecule has 0 fully saturated rings. The molecule has 0 aliphatic rings. The van der Waals surface area contributed by atoms with Gasteiger partial charge in [-0.05, 0) is 36.2 Å². The van der Waals surface area contributed by atoms with Crippen molar-refractivity contribution in [3.63, 3.8) is 0 Å². The van der Waals surface area contributed by atoms with Gasteiger partial charge in [-0.2, -0.15) is 0 Å². The fourth-order valence-corrected chi connectivity index (χ4v) is 2.11. The third-order valence-electron chi connectivity index (χ3n) is 3.41. The van der Waals surface area contributed by atoms with Gasteiger partial charge in [-0.25, -0.2) is 4.79 Å². The number of nitrogen functional groups attached to an aromatic ring is 1. The van der Waals surface area contributed by atoms with Gasteiger partial charge in [-0.1, -0.05) is 24.3 Å². The summed E-state index contributed by atoms with van der Waals surface area (Å²) in [7, 11) is 0. The molecule has 2 aromatic rings. The highest BCUT2D eigenvalue weighted by atomic mass is 16.5. The van der Waals surface area contributed by atoms with Gasteiger partial charge in [-0.15, -0.1) is 0 Å². The lowest BCUT2D eigenvalue weighted by Crippen LogP contribution is -2.13. The van der Waals surface area contributed by atoms with Gasteiger partial charge in [-0.3, -0.25) is 10.2 Å². The summed E-state index contributed by atoms with van der Waals surface area (Å²) in [6.07, 6.45) is 0.889. The highest BCUT2D eigenvalue weighted by Crippen LogP contribution is 2.16. The minimum Gasteiger partial charge on any atom is -0.482 e. The Morgan fingerprint density at radius 3 is 2.28 bits per heavy atom. The molecule has 0 bridgehead atoms. The Morgan fingerprint density at radius 2 is 1.72 bits per heavy atom. The zero-order valence-electron chi connectivity index (χ0n) is 13.5. The molecular weight excluding hydrogens is 322 g/mol. The van der Waals surface area contributed by atoms with Gasteiger partial charge in [0.15, 0.2) is 6.61 Å². The van der Waals surface area contributed by atoms with E-state index in [2.05, 4.69) is 5.32 Å². The maximum atomic E-state index is 12.0. The number of benzene rings is 2. The number of hydrogen-bond donors (Lipinski definition) is 4. The molecular formula is C18H19N3O4. The van der Waals surface area contributed by atoms with Crippen LogP contribution in [0.15, 0.2) is 48.5 Å². The summed E-state index contributed by atoms with van der Waals surface area (Å²) in [5.41, 5.74) is 7.64. The quantitative estimate of drug-likeness (QED) is 0.432. The summed E-state index contributed by atoms with van der Waals surface area (Å²) in [5, 5.41) is 18.7. The summed E-state index contributed by atoms with van der Waals surface area (Å²) >= 11 is 0. The largest absolute Gasteiger partial charge is 0.482 e. The van der Waals surface area contributed by atoms with Crippen LogP contribution in [0.5, 0.6) is 5.75 Å². The number of hydrogen-bond acceptors (Lipinski definition) is 4. The SMILES string of the molecule is N=C(N)c1ccc(CCC(=O)Nc2ccc(OCC(=O)O)cc2)cc1. The van der Waals surface area contributed by atoms with Crippen molar-refractivity contribution in [3.05, 3.63) is 59.7 Å². The molecule has 7 heteroatoms. The van der Waals surface area contributed by atoms with E-state index in [1.807, 2.05) is 12.1 Å². The van der Waals surface area contributed by atoms with E-state index in [0.29, 0.717) is 29.8 Å². The standard InChI is InChI=1S/C18H19N3O4/c19-18(20)13-4-1-12(2-5-13)3-10-16(22)21-14-6-8-15(9-7-14)25-11-17(23)24/h1-2,4-9H,3,10-11H2,(H3,19,20)(H,21,22)(H,23,24). The number of aliphatic carboxylic acids is 1. The van der Waals surface area contributed by atoms with Gasteiger partial charge in [0, 0.05) is 17.7 Å². The van der Waals surface area contributed by atoms with Gasteiger partial charge < -0.3 is 20.9 Å². The Balaban J connectivity index is 1.81. The minimum atomic E-state index is -1.05. The molecule has 0 aliphatic carbocycles. The Labute approximate surface area is 144 Å². The highest BCUT2D eigenvalue weighted by Gasteiger charge is 2.05. The number of rotatable bonds is 8. The number of anilines is 1. The third kappa shape index (κ3) is 5.98. The second-order valence-electron chi connectivity index (χ2n) is 5.37. The molecule has 0 saturated heterocycles. The van der Waals surface area contributed by atoms with Crippen LogP contribution in [0.2, 0.25) is 0 Å². The molecule has 0 radical (unpaired) electrons. The molecule has 130 valence electrons. The van der Waals surface area contributed by atoms with Crippen molar-refractivity contribution in [2.45, 2.75) is 12.8 Å². The molecule has 2 aromatic carbocycles. The smallest absolute Gasteiger partial charge is 0.341 e. The number of amides is 1. The molecule has 0 unspecified atom stereocenters. The fourth-order valence-electron chi connectivity index (χ4n) is 2.11. The first-order valence-corrected chi connectivity index (χ1v) is 7.62. The number of amidine groups is 1. The topological polar surface area (TPSA) is 126 Å². The normalized spacial score (nSPS) is 10.1. The van der Waals surface area contributed by atoms with E-state index in [0.717, 1.165) is 5.56 Å². The van der Waals surface area contributed by atoms with Crippen LogP contribution in [-0.4, -0.2) is 29.4 Å². The van der Waals surface area contributed by atoms with Crippen molar-refractivity contribution >= 4 is 23.4 Å². The van der Waals surface area contributed by atoms with E-state index in [9.17, 15) is 9.59 Å². The lowest BCUT2D eigenvalue weighted by atomic mass is 10.1. The predicted molar refractivity (Wildman–Crippen MR) is 94.0 cm³/mol. The Morgan fingerprint density at radius 1 is 1.08 bits per heavy atom. The van der Waals surface area contributed by atoms with E-state index in [4.69, 9.17) is 21.0 Å². The molecule has 0 aliphatic heterocycles. The predicted octanol–water partition coefficient (Wildman–Crippen LogP) is 2.01. The summed E-state index contributed by atoms with van der Waals surface area (Å²) in [4.78, 5) is 22.4. The van der Waals surface area contributed by atoms with E-state index in [1.165, 1.54) is 0 Å². The van der Waals surface area contributed by atoms with Gasteiger partial charge >= 0.3 is 5.97 Å². The van der Waals surface area contributed by atoms with Crippen molar-refractivity contribution in [2.24, 2.45) is 5.73 Å². The molecule has 0 saturated carbocycles. The van der Waals surface area contributed by atoms with Gasteiger partial charge in [0.2, 0.25) is 5.91 Å².